The van der Waals surface area contributed by atoms with Gasteiger partial charge in [-0.3, -0.25) is 4.79 Å². The third-order valence-corrected chi connectivity index (χ3v) is 3.11. The first-order valence-electron chi connectivity index (χ1n) is 6.46. The largest absolute Gasteiger partial charge is 0.507 e. The second-order valence-corrected chi connectivity index (χ2v) is 4.75. The fourth-order valence-corrected chi connectivity index (χ4v) is 1.95. The Morgan fingerprint density at radius 3 is 2.65 bits per heavy atom. The molecule has 2 aromatic rings. The number of phenolic OH excluding ortho intramolecular Hbond substituents is 1. The molecule has 1 unspecified atom stereocenters. The van der Waals surface area contributed by atoms with Gasteiger partial charge in [0.2, 0.25) is 0 Å². The van der Waals surface area contributed by atoms with Crippen LogP contribution in [0, 0.1) is 6.92 Å². The van der Waals surface area contributed by atoms with Gasteiger partial charge >= 0.3 is 0 Å². The van der Waals surface area contributed by atoms with Crippen molar-refractivity contribution in [1.29, 1.82) is 0 Å². The molecular formula is C16H18N2O2. The number of amides is 1. The minimum atomic E-state index is -0.322. The maximum atomic E-state index is 12.0. The predicted molar refractivity (Wildman–Crippen MR) is 78.5 cm³/mol. The third kappa shape index (κ3) is 3.36. The van der Waals surface area contributed by atoms with Crippen molar-refractivity contribution in [2.24, 2.45) is 5.73 Å². The summed E-state index contributed by atoms with van der Waals surface area (Å²) in [6, 6.07) is 14.2. The zero-order valence-electron chi connectivity index (χ0n) is 11.3. The van der Waals surface area contributed by atoms with Gasteiger partial charge < -0.3 is 16.2 Å². The van der Waals surface area contributed by atoms with Gasteiger partial charge in [-0.25, -0.2) is 0 Å². The van der Waals surface area contributed by atoms with E-state index in [4.69, 9.17) is 5.73 Å². The first-order valence-corrected chi connectivity index (χ1v) is 6.46. The highest BCUT2D eigenvalue weighted by molar-refractivity contribution is 5.97. The van der Waals surface area contributed by atoms with Gasteiger partial charge in [0.05, 0.1) is 5.56 Å². The molecule has 0 heterocycles. The number of hydrogen-bond acceptors (Lipinski definition) is 3. The maximum Gasteiger partial charge on any atom is 0.255 e. The molecule has 0 aliphatic rings. The zero-order chi connectivity index (χ0) is 14.5. The van der Waals surface area contributed by atoms with E-state index in [1.165, 1.54) is 6.07 Å². The van der Waals surface area contributed by atoms with Crippen LogP contribution in [0.1, 0.15) is 27.5 Å². The van der Waals surface area contributed by atoms with Crippen LogP contribution in [0.2, 0.25) is 0 Å². The number of carbonyl (C=O) groups excluding carboxylic acids is 1. The van der Waals surface area contributed by atoms with Crippen LogP contribution in [-0.2, 0) is 0 Å². The molecule has 4 heteroatoms. The second-order valence-electron chi connectivity index (χ2n) is 4.75. The lowest BCUT2D eigenvalue weighted by atomic mass is 10.1. The second kappa shape index (κ2) is 6.21. The number of aromatic hydroxyl groups is 1. The highest BCUT2D eigenvalue weighted by Gasteiger charge is 2.13. The van der Waals surface area contributed by atoms with E-state index in [1.54, 1.807) is 12.1 Å². The summed E-state index contributed by atoms with van der Waals surface area (Å²) in [6.07, 6.45) is 0. The molecule has 0 saturated heterocycles. The molecule has 0 spiro atoms. The molecule has 4 nitrogen and oxygen atoms in total. The summed E-state index contributed by atoms with van der Waals surface area (Å²) >= 11 is 0. The molecule has 0 bridgehead atoms. The Balaban J connectivity index is 2.00. The molecule has 1 amide bonds. The minimum Gasteiger partial charge on any atom is -0.507 e. The molecule has 2 rings (SSSR count). The molecule has 0 fully saturated rings. The average molecular weight is 270 g/mol. The summed E-state index contributed by atoms with van der Waals surface area (Å²) in [7, 11) is 0. The standard InChI is InChI=1S/C16H18N2O2/c1-11-7-8-15(19)13(9-11)16(20)18-10-14(17)12-5-3-2-4-6-12/h2-9,14,19H,10,17H2,1H3,(H,18,20). The molecule has 0 aliphatic heterocycles. The average Bonchev–Trinajstić information content (AvgIpc) is 2.47. The molecule has 2 aromatic carbocycles. The van der Waals surface area contributed by atoms with Crippen LogP contribution >= 0.6 is 0 Å². The van der Waals surface area contributed by atoms with Crippen LogP contribution in [0.25, 0.3) is 0 Å². The molecule has 4 N–H and O–H groups in total. The molecular weight excluding hydrogens is 252 g/mol. The van der Waals surface area contributed by atoms with E-state index in [9.17, 15) is 9.90 Å². The van der Waals surface area contributed by atoms with Gasteiger partial charge in [0, 0.05) is 12.6 Å². The lowest BCUT2D eigenvalue weighted by molar-refractivity contribution is 0.0948. The van der Waals surface area contributed by atoms with Crippen molar-refractivity contribution in [3.63, 3.8) is 0 Å². The Kier molecular flexibility index (Phi) is 4.38. The van der Waals surface area contributed by atoms with Crippen LogP contribution < -0.4 is 11.1 Å². The van der Waals surface area contributed by atoms with Gasteiger partial charge in [0.25, 0.3) is 5.91 Å². The molecule has 104 valence electrons. The summed E-state index contributed by atoms with van der Waals surface area (Å²) < 4.78 is 0. The van der Waals surface area contributed by atoms with E-state index >= 15 is 0 Å². The highest BCUT2D eigenvalue weighted by Crippen LogP contribution is 2.18. The fourth-order valence-electron chi connectivity index (χ4n) is 1.95. The number of hydrogen-bond donors (Lipinski definition) is 3. The third-order valence-electron chi connectivity index (χ3n) is 3.11. The van der Waals surface area contributed by atoms with Crippen LogP contribution in [0.4, 0.5) is 0 Å². The smallest absolute Gasteiger partial charge is 0.255 e. The van der Waals surface area contributed by atoms with Crippen LogP contribution in [0.3, 0.4) is 0 Å². The van der Waals surface area contributed by atoms with E-state index in [0.29, 0.717) is 6.54 Å². The van der Waals surface area contributed by atoms with Crippen molar-refractivity contribution in [3.8, 4) is 5.75 Å². The summed E-state index contributed by atoms with van der Waals surface area (Å²) in [5.41, 5.74) is 8.16. The van der Waals surface area contributed by atoms with Gasteiger partial charge in [0.1, 0.15) is 5.75 Å². The van der Waals surface area contributed by atoms with Gasteiger partial charge in [-0.2, -0.15) is 0 Å². The predicted octanol–water partition coefficient (Wildman–Crippen LogP) is 2.13. The van der Waals surface area contributed by atoms with Crippen molar-refractivity contribution in [2.75, 3.05) is 6.54 Å². The van der Waals surface area contributed by atoms with E-state index in [-0.39, 0.29) is 23.3 Å². The van der Waals surface area contributed by atoms with Crippen molar-refractivity contribution in [2.45, 2.75) is 13.0 Å². The maximum absolute atomic E-state index is 12.0. The Hall–Kier alpha value is -2.33. The van der Waals surface area contributed by atoms with E-state index < -0.39 is 0 Å². The number of aryl methyl sites for hydroxylation is 1. The lowest BCUT2D eigenvalue weighted by Gasteiger charge is -2.13. The number of benzene rings is 2. The zero-order valence-corrected chi connectivity index (χ0v) is 11.3. The van der Waals surface area contributed by atoms with Crippen molar-refractivity contribution >= 4 is 5.91 Å². The van der Waals surface area contributed by atoms with Crippen LogP contribution in [-0.4, -0.2) is 17.6 Å². The Bertz CT molecular complexity index is 597. The summed E-state index contributed by atoms with van der Waals surface area (Å²) in [4.78, 5) is 12.0. The lowest BCUT2D eigenvalue weighted by Crippen LogP contribution is -2.31. The van der Waals surface area contributed by atoms with E-state index in [2.05, 4.69) is 5.32 Å². The normalized spacial score (nSPS) is 11.9. The van der Waals surface area contributed by atoms with Crippen LogP contribution in [0.15, 0.2) is 48.5 Å². The SMILES string of the molecule is Cc1ccc(O)c(C(=O)NCC(N)c2ccccc2)c1. The van der Waals surface area contributed by atoms with E-state index in [1.807, 2.05) is 37.3 Å². The van der Waals surface area contributed by atoms with E-state index in [0.717, 1.165) is 11.1 Å². The molecule has 0 aliphatic carbocycles. The van der Waals surface area contributed by atoms with Crippen LogP contribution in [0.5, 0.6) is 5.75 Å². The van der Waals surface area contributed by atoms with Gasteiger partial charge in [-0.1, -0.05) is 42.0 Å². The van der Waals surface area contributed by atoms with Crippen molar-refractivity contribution < 1.29 is 9.90 Å². The van der Waals surface area contributed by atoms with Gasteiger partial charge in [0.15, 0.2) is 0 Å². The number of carbonyl (C=O) groups is 1. The minimum absolute atomic E-state index is 0.0265. The molecule has 0 radical (unpaired) electrons. The monoisotopic (exact) mass is 270 g/mol. The quantitative estimate of drug-likeness (QED) is 0.796. The molecule has 1 atom stereocenters. The molecule has 0 saturated carbocycles. The topological polar surface area (TPSA) is 75.3 Å². The van der Waals surface area contributed by atoms with Crippen molar-refractivity contribution in [1.82, 2.24) is 5.32 Å². The number of nitrogens with two attached hydrogens (primary N) is 1. The fraction of sp³-hybridized carbons (Fsp3) is 0.188. The first-order chi connectivity index (χ1) is 9.58. The summed E-state index contributed by atoms with van der Waals surface area (Å²) in [5, 5.41) is 12.4. The number of nitrogens with one attached hydrogen (secondary N) is 1. The number of phenols is 1. The summed E-state index contributed by atoms with van der Waals surface area (Å²) in [6.45, 7) is 2.18. The molecule has 0 aromatic heterocycles. The Morgan fingerprint density at radius 2 is 1.95 bits per heavy atom. The summed E-state index contributed by atoms with van der Waals surface area (Å²) in [5.74, 6) is -0.348. The first kappa shape index (κ1) is 14.1. The highest BCUT2D eigenvalue weighted by atomic mass is 16.3. The van der Waals surface area contributed by atoms with Crippen molar-refractivity contribution in [3.05, 3.63) is 65.2 Å². The Labute approximate surface area is 118 Å². The number of rotatable bonds is 4. The van der Waals surface area contributed by atoms with Gasteiger partial charge in [-0.15, -0.1) is 0 Å². The molecule has 20 heavy (non-hydrogen) atoms. The Morgan fingerprint density at radius 1 is 1.25 bits per heavy atom. The van der Waals surface area contributed by atoms with Gasteiger partial charge in [-0.05, 0) is 24.6 Å².